The van der Waals surface area contributed by atoms with E-state index in [0.29, 0.717) is 24.4 Å². The number of ether oxygens (including phenoxy) is 1. The van der Waals surface area contributed by atoms with E-state index in [1.807, 2.05) is 12.1 Å². The van der Waals surface area contributed by atoms with Gasteiger partial charge in [-0.1, -0.05) is 31.0 Å². The van der Waals surface area contributed by atoms with E-state index in [-0.39, 0.29) is 17.9 Å². The topological polar surface area (TPSA) is 72.6 Å². The molecule has 2 fully saturated rings. The Labute approximate surface area is 126 Å². The third kappa shape index (κ3) is 3.07. The van der Waals surface area contributed by atoms with Crippen LogP contribution in [0.2, 0.25) is 0 Å². The van der Waals surface area contributed by atoms with Gasteiger partial charge in [0.1, 0.15) is 0 Å². The van der Waals surface area contributed by atoms with Gasteiger partial charge in [0.25, 0.3) is 0 Å². The number of anilines is 1. The van der Waals surface area contributed by atoms with E-state index in [1.54, 1.807) is 16.4 Å². The molecule has 116 valence electrons. The van der Waals surface area contributed by atoms with Crippen LogP contribution in [0.1, 0.15) is 31.2 Å². The zero-order chi connectivity index (χ0) is 14.9. The maximum absolute atomic E-state index is 12.8. The Morgan fingerprint density at radius 3 is 2.81 bits per heavy atom. The highest BCUT2D eigenvalue weighted by molar-refractivity contribution is 7.88. The number of sulfonamides is 1. The number of hydrogen-bond acceptors (Lipinski definition) is 4. The van der Waals surface area contributed by atoms with Crippen LogP contribution in [-0.4, -0.2) is 38.0 Å². The first kappa shape index (κ1) is 14.8. The number of para-hydroxylation sites is 1. The van der Waals surface area contributed by atoms with Crippen LogP contribution in [0.5, 0.6) is 0 Å². The fourth-order valence-corrected chi connectivity index (χ4v) is 5.18. The average molecular weight is 310 g/mol. The van der Waals surface area contributed by atoms with Crippen molar-refractivity contribution in [1.82, 2.24) is 4.31 Å². The maximum Gasteiger partial charge on any atom is 0.218 e. The smallest absolute Gasteiger partial charge is 0.218 e. The zero-order valence-electron chi connectivity index (χ0n) is 12.1. The van der Waals surface area contributed by atoms with E-state index >= 15 is 0 Å². The lowest BCUT2D eigenvalue weighted by molar-refractivity contribution is -0.0586. The molecule has 6 heteroatoms. The average Bonchev–Trinajstić information content (AvgIpc) is 2.49. The molecular formula is C15H22N2O3S. The minimum Gasteiger partial charge on any atom is -0.398 e. The molecule has 1 aromatic rings. The second kappa shape index (κ2) is 5.94. The van der Waals surface area contributed by atoms with Gasteiger partial charge in [-0.3, -0.25) is 0 Å². The lowest BCUT2D eigenvalue weighted by Gasteiger charge is -2.42. The van der Waals surface area contributed by atoms with Crippen molar-refractivity contribution >= 4 is 15.7 Å². The molecule has 0 aromatic heterocycles. The van der Waals surface area contributed by atoms with Gasteiger partial charge in [0.15, 0.2) is 0 Å². The molecule has 0 amide bonds. The number of nitrogens with zero attached hydrogens (tertiary/aromatic N) is 1. The first-order valence-electron chi connectivity index (χ1n) is 7.52. The highest BCUT2D eigenvalue weighted by atomic mass is 32.2. The normalized spacial score (nSPS) is 27.2. The van der Waals surface area contributed by atoms with Gasteiger partial charge in [-0.25, -0.2) is 8.42 Å². The molecule has 0 bridgehead atoms. The number of nitrogen functional groups attached to an aromatic ring is 1. The highest BCUT2D eigenvalue weighted by Gasteiger charge is 2.40. The fraction of sp³-hybridized carbons (Fsp3) is 0.600. The van der Waals surface area contributed by atoms with Crippen LogP contribution in [0.25, 0.3) is 0 Å². The summed E-state index contributed by atoms with van der Waals surface area (Å²) in [5.74, 6) is -0.0249. The second-order valence-electron chi connectivity index (χ2n) is 5.83. The molecule has 21 heavy (non-hydrogen) atoms. The van der Waals surface area contributed by atoms with Crippen molar-refractivity contribution in [2.45, 2.75) is 43.6 Å². The van der Waals surface area contributed by atoms with Crippen molar-refractivity contribution in [3.05, 3.63) is 29.8 Å². The number of rotatable bonds is 3. The van der Waals surface area contributed by atoms with Crippen molar-refractivity contribution in [3.63, 3.8) is 0 Å². The summed E-state index contributed by atoms with van der Waals surface area (Å²) in [7, 11) is -3.36. The Bertz CT molecular complexity index is 601. The summed E-state index contributed by atoms with van der Waals surface area (Å²) in [6.45, 7) is 0.945. The Morgan fingerprint density at radius 1 is 1.24 bits per heavy atom. The van der Waals surface area contributed by atoms with E-state index in [9.17, 15) is 8.42 Å². The van der Waals surface area contributed by atoms with Crippen LogP contribution in [0, 0.1) is 0 Å². The molecular weight excluding hydrogens is 288 g/mol. The lowest BCUT2D eigenvalue weighted by atomic mass is 9.91. The Morgan fingerprint density at radius 2 is 2.00 bits per heavy atom. The lowest BCUT2D eigenvalue weighted by Crippen LogP contribution is -2.54. The Hall–Kier alpha value is -1.11. The van der Waals surface area contributed by atoms with Crippen molar-refractivity contribution < 1.29 is 13.2 Å². The molecule has 2 N–H and O–H groups in total. The van der Waals surface area contributed by atoms with Crippen molar-refractivity contribution in [3.8, 4) is 0 Å². The van der Waals surface area contributed by atoms with Gasteiger partial charge in [-0.15, -0.1) is 0 Å². The Balaban J connectivity index is 1.82. The first-order valence-corrected chi connectivity index (χ1v) is 9.13. The minimum absolute atomic E-state index is 0.00226. The van der Waals surface area contributed by atoms with E-state index < -0.39 is 10.0 Å². The molecule has 1 aliphatic heterocycles. The maximum atomic E-state index is 12.8. The highest BCUT2D eigenvalue weighted by Crippen LogP contribution is 2.31. The van der Waals surface area contributed by atoms with Crippen LogP contribution >= 0.6 is 0 Å². The van der Waals surface area contributed by atoms with Gasteiger partial charge < -0.3 is 10.5 Å². The van der Waals surface area contributed by atoms with Gasteiger partial charge in [0.05, 0.1) is 24.5 Å². The monoisotopic (exact) mass is 310 g/mol. The van der Waals surface area contributed by atoms with Crippen LogP contribution in [0.4, 0.5) is 5.69 Å². The SMILES string of the molecule is Nc1ccccc1CS(=O)(=O)N1CCOC2CCCCC21. The van der Waals surface area contributed by atoms with Gasteiger partial charge in [0.2, 0.25) is 10.0 Å². The summed E-state index contributed by atoms with van der Waals surface area (Å²) in [4.78, 5) is 0. The zero-order valence-corrected chi connectivity index (χ0v) is 12.9. The molecule has 3 rings (SSSR count). The standard InChI is InChI=1S/C15H22N2O3S/c16-13-6-2-1-5-12(13)11-21(18,19)17-9-10-20-15-8-4-3-7-14(15)17/h1-2,5-6,14-15H,3-4,7-11,16H2. The van der Waals surface area contributed by atoms with E-state index in [0.717, 1.165) is 25.7 Å². The molecule has 1 saturated carbocycles. The van der Waals surface area contributed by atoms with Crippen molar-refractivity contribution in [1.29, 1.82) is 0 Å². The van der Waals surface area contributed by atoms with Gasteiger partial charge in [-0.05, 0) is 24.5 Å². The molecule has 1 saturated heterocycles. The van der Waals surface area contributed by atoms with Gasteiger partial charge in [-0.2, -0.15) is 4.31 Å². The number of morpholine rings is 1. The number of benzene rings is 1. The van der Waals surface area contributed by atoms with Crippen molar-refractivity contribution in [2.24, 2.45) is 0 Å². The molecule has 2 aliphatic rings. The van der Waals surface area contributed by atoms with E-state index in [1.165, 1.54) is 0 Å². The summed E-state index contributed by atoms with van der Waals surface area (Å²) < 4.78 is 33.0. The largest absolute Gasteiger partial charge is 0.398 e. The molecule has 2 atom stereocenters. The molecule has 1 heterocycles. The second-order valence-corrected chi connectivity index (χ2v) is 7.75. The molecule has 1 aromatic carbocycles. The van der Waals surface area contributed by atoms with Gasteiger partial charge >= 0.3 is 0 Å². The summed E-state index contributed by atoms with van der Waals surface area (Å²) in [5.41, 5.74) is 7.10. The molecule has 0 spiro atoms. The fourth-order valence-electron chi connectivity index (χ4n) is 3.35. The molecule has 2 unspecified atom stereocenters. The molecule has 1 aliphatic carbocycles. The summed E-state index contributed by atoms with van der Waals surface area (Å²) in [6.07, 6.45) is 4.12. The first-order chi connectivity index (χ1) is 10.1. The third-order valence-corrected chi connectivity index (χ3v) is 6.28. The molecule has 0 radical (unpaired) electrons. The summed E-state index contributed by atoms with van der Waals surface area (Å²) in [5, 5.41) is 0. The summed E-state index contributed by atoms with van der Waals surface area (Å²) >= 11 is 0. The van der Waals surface area contributed by atoms with Gasteiger partial charge in [0, 0.05) is 12.2 Å². The predicted molar refractivity (Wildman–Crippen MR) is 82.2 cm³/mol. The van der Waals surface area contributed by atoms with Crippen LogP contribution < -0.4 is 5.73 Å². The molecule has 5 nitrogen and oxygen atoms in total. The van der Waals surface area contributed by atoms with Crippen LogP contribution in [0.3, 0.4) is 0 Å². The van der Waals surface area contributed by atoms with E-state index in [2.05, 4.69) is 0 Å². The number of fused-ring (bicyclic) bond motifs is 1. The van der Waals surface area contributed by atoms with Crippen molar-refractivity contribution in [2.75, 3.05) is 18.9 Å². The van der Waals surface area contributed by atoms with E-state index in [4.69, 9.17) is 10.5 Å². The third-order valence-electron chi connectivity index (χ3n) is 4.43. The minimum atomic E-state index is -3.36. The quantitative estimate of drug-likeness (QED) is 0.863. The van der Waals surface area contributed by atoms with Crippen LogP contribution in [0.15, 0.2) is 24.3 Å². The number of nitrogens with two attached hydrogens (primary N) is 1. The predicted octanol–water partition coefficient (Wildman–Crippen LogP) is 1.74. The van der Waals surface area contributed by atoms with Crippen LogP contribution in [-0.2, 0) is 20.5 Å². The number of hydrogen-bond donors (Lipinski definition) is 1. The summed E-state index contributed by atoms with van der Waals surface area (Å²) in [6, 6.07) is 7.17. The Kier molecular flexibility index (Phi) is 4.19.